The summed E-state index contributed by atoms with van der Waals surface area (Å²) in [5.41, 5.74) is -0.177. The molecule has 0 saturated heterocycles. The molecule has 28 heavy (non-hydrogen) atoms. The molecule has 0 aliphatic rings. The minimum absolute atomic E-state index is 0.0788. The van der Waals surface area contributed by atoms with E-state index in [1.807, 2.05) is 50.2 Å². The Morgan fingerprint density at radius 3 is 2.54 bits per heavy atom. The molecule has 0 spiro atoms. The van der Waals surface area contributed by atoms with Gasteiger partial charge < -0.3 is 14.8 Å². The molecule has 1 amide bonds. The summed E-state index contributed by atoms with van der Waals surface area (Å²) in [7, 11) is 1.62. The van der Waals surface area contributed by atoms with Gasteiger partial charge in [-0.3, -0.25) is 4.79 Å². The summed E-state index contributed by atoms with van der Waals surface area (Å²) in [6.07, 6.45) is 2.89. The Labute approximate surface area is 164 Å². The number of methoxy groups -OCH3 is 1. The van der Waals surface area contributed by atoms with Gasteiger partial charge in [-0.1, -0.05) is 32.0 Å². The van der Waals surface area contributed by atoms with Crippen molar-refractivity contribution in [2.75, 3.05) is 13.7 Å². The van der Waals surface area contributed by atoms with Gasteiger partial charge in [-0.25, -0.2) is 4.79 Å². The van der Waals surface area contributed by atoms with Gasteiger partial charge in [0.05, 0.1) is 13.2 Å². The Kier molecular flexibility index (Phi) is 6.78. The molecular weight excluding hydrogens is 356 g/mol. The minimum atomic E-state index is -1.01. The largest absolute Gasteiger partial charge is 0.497 e. The van der Waals surface area contributed by atoms with E-state index in [1.54, 1.807) is 20.1 Å². The molecule has 0 aliphatic heterocycles. The van der Waals surface area contributed by atoms with Crippen molar-refractivity contribution in [1.82, 2.24) is 5.32 Å². The summed E-state index contributed by atoms with van der Waals surface area (Å²) in [5.74, 6) is -0.445. The van der Waals surface area contributed by atoms with Crippen LogP contribution in [0.1, 0.15) is 26.3 Å². The normalized spacial score (nSPS) is 13.1. The van der Waals surface area contributed by atoms with Crippen molar-refractivity contribution in [3.05, 3.63) is 48.0 Å². The van der Waals surface area contributed by atoms with E-state index < -0.39 is 24.0 Å². The number of nitrogens with zero attached hydrogens (tertiary/aromatic N) is 1. The standard InChI is InChI=1S/C22H24N2O4/c1-15(2)22(3,14-23)24-20(25)13-28-21(26)10-6-16-5-7-18-12-19(27-4)9-8-17(18)11-16/h5-12,15H,13H2,1-4H3,(H,24,25). The molecular formula is C22H24N2O4. The third-order valence-corrected chi connectivity index (χ3v) is 4.61. The van der Waals surface area contributed by atoms with E-state index in [9.17, 15) is 14.9 Å². The van der Waals surface area contributed by atoms with Crippen LogP contribution in [-0.4, -0.2) is 31.1 Å². The molecule has 146 valence electrons. The van der Waals surface area contributed by atoms with E-state index in [4.69, 9.17) is 9.47 Å². The molecule has 0 heterocycles. The Morgan fingerprint density at radius 1 is 1.21 bits per heavy atom. The number of benzene rings is 2. The van der Waals surface area contributed by atoms with Gasteiger partial charge in [0.15, 0.2) is 6.61 Å². The van der Waals surface area contributed by atoms with E-state index in [0.29, 0.717) is 0 Å². The summed E-state index contributed by atoms with van der Waals surface area (Å²) in [6, 6.07) is 13.6. The first-order valence-electron chi connectivity index (χ1n) is 8.92. The van der Waals surface area contributed by atoms with E-state index in [0.717, 1.165) is 22.1 Å². The molecule has 0 aliphatic carbocycles. The number of esters is 1. The highest BCUT2D eigenvalue weighted by Gasteiger charge is 2.30. The van der Waals surface area contributed by atoms with Crippen LogP contribution in [0.2, 0.25) is 0 Å². The fraction of sp³-hybridized carbons (Fsp3) is 0.318. The van der Waals surface area contributed by atoms with Crippen molar-refractivity contribution < 1.29 is 19.1 Å². The van der Waals surface area contributed by atoms with Crippen molar-refractivity contribution >= 4 is 28.7 Å². The highest BCUT2D eigenvalue weighted by Crippen LogP contribution is 2.22. The molecule has 0 fully saturated rings. The van der Waals surface area contributed by atoms with Crippen molar-refractivity contribution in [2.24, 2.45) is 5.92 Å². The van der Waals surface area contributed by atoms with E-state index in [1.165, 1.54) is 6.08 Å². The van der Waals surface area contributed by atoms with Crippen molar-refractivity contribution in [3.63, 3.8) is 0 Å². The van der Waals surface area contributed by atoms with Gasteiger partial charge in [-0.15, -0.1) is 0 Å². The molecule has 1 atom stereocenters. The lowest BCUT2D eigenvalue weighted by molar-refractivity contribution is -0.144. The van der Waals surface area contributed by atoms with Crippen LogP contribution in [-0.2, 0) is 14.3 Å². The fourth-order valence-corrected chi connectivity index (χ4v) is 2.45. The van der Waals surface area contributed by atoms with Crippen LogP contribution in [0, 0.1) is 17.2 Å². The maximum absolute atomic E-state index is 11.9. The first kappa shape index (κ1) is 21.0. The second-order valence-corrected chi connectivity index (χ2v) is 6.93. The first-order valence-corrected chi connectivity index (χ1v) is 8.92. The fourth-order valence-electron chi connectivity index (χ4n) is 2.45. The van der Waals surface area contributed by atoms with Crippen LogP contribution in [0.4, 0.5) is 0 Å². The minimum Gasteiger partial charge on any atom is -0.497 e. The SMILES string of the molecule is COc1ccc2cc(C=CC(=O)OCC(=O)NC(C)(C#N)C(C)C)ccc2c1. The maximum Gasteiger partial charge on any atom is 0.331 e. The topological polar surface area (TPSA) is 88.4 Å². The smallest absolute Gasteiger partial charge is 0.331 e. The van der Waals surface area contributed by atoms with Gasteiger partial charge in [0.2, 0.25) is 0 Å². The third kappa shape index (κ3) is 5.34. The van der Waals surface area contributed by atoms with Crippen LogP contribution in [0.25, 0.3) is 16.8 Å². The van der Waals surface area contributed by atoms with Crippen molar-refractivity contribution in [3.8, 4) is 11.8 Å². The predicted octanol–water partition coefficient (Wildman–Crippen LogP) is 3.46. The molecule has 6 nitrogen and oxygen atoms in total. The van der Waals surface area contributed by atoms with Gasteiger partial charge in [-0.05, 0) is 53.5 Å². The van der Waals surface area contributed by atoms with E-state index in [2.05, 4.69) is 11.4 Å². The molecule has 0 bridgehead atoms. The van der Waals surface area contributed by atoms with Crippen LogP contribution >= 0.6 is 0 Å². The molecule has 1 unspecified atom stereocenters. The number of ether oxygens (including phenoxy) is 2. The first-order chi connectivity index (χ1) is 13.3. The lowest BCUT2D eigenvalue weighted by Gasteiger charge is -2.27. The predicted molar refractivity (Wildman–Crippen MR) is 107 cm³/mol. The Balaban J connectivity index is 1.94. The Bertz CT molecular complexity index is 943. The molecule has 0 radical (unpaired) electrons. The maximum atomic E-state index is 11.9. The van der Waals surface area contributed by atoms with Crippen LogP contribution < -0.4 is 10.1 Å². The highest BCUT2D eigenvalue weighted by molar-refractivity contribution is 5.91. The van der Waals surface area contributed by atoms with Crippen LogP contribution in [0.15, 0.2) is 42.5 Å². The zero-order valence-electron chi connectivity index (χ0n) is 16.5. The zero-order chi connectivity index (χ0) is 20.7. The zero-order valence-corrected chi connectivity index (χ0v) is 16.5. The molecule has 0 saturated carbocycles. The quantitative estimate of drug-likeness (QED) is 0.587. The number of nitriles is 1. The van der Waals surface area contributed by atoms with Gasteiger partial charge in [0.1, 0.15) is 11.3 Å². The summed E-state index contributed by atoms with van der Waals surface area (Å²) < 4.78 is 10.2. The number of rotatable bonds is 7. The number of carbonyl (C=O) groups excluding carboxylic acids is 2. The van der Waals surface area contributed by atoms with Crippen LogP contribution in [0.5, 0.6) is 5.75 Å². The van der Waals surface area contributed by atoms with E-state index >= 15 is 0 Å². The number of carbonyl (C=O) groups is 2. The number of hydrogen-bond acceptors (Lipinski definition) is 5. The van der Waals surface area contributed by atoms with Gasteiger partial charge >= 0.3 is 5.97 Å². The van der Waals surface area contributed by atoms with Crippen molar-refractivity contribution in [1.29, 1.82) is 5.26 Å². The van der Waals surface area contributed by atoms with Gasteiger partial charge in [0.25, 0.3) is 5.91 Å². The van der Waals surface area contributed by atoms with Crippen LogP contribution in [0.3, 0.4) is 0 Å². The van der Waals surface area contributed by atoms with Gasteiger partial charge in [0, 0.05) is 6.08 Å². The Morgan fingerprint density at radius 2 is 1.89 bits per heavy atom. The summed E-state index contributed by atoms with van der Waals surface area (Å²) in [4.78, 5) is 23.8. The highest BCUT2D eigenvalue weighted by atomic mass is 16.5. The molecule has 2 aromatic rings. The number of amides is 1. The lowest BCUT2D eigenvalue weighted by atomic mass is 9.90. The summed E-state index contributed by atoms with van der Waals surface area (Å²) in [5, 5.41) is 13.8. The number of hydrogen-bond donors (Lipinski definition) is 1. The molecule has 6 heteroatoms. The number of nitrogens with one attached hydrogen (secondary N) is 1. The summed E-state index contributed by atoms with van der Waals surface area (Å²) >= 11 is 0. The molecule has 2 rings (SSSR count). The average molecular weight is 380 g/mol. The lowest BCUT2D eigenvalue weighted by Crippen LogP contribution is -2.50. The molecule has 2 aromatic carbocycles. The monoisotopic (exact) mass is 380 g/mol. The average Bonchev–Trinajstić information content (AvgIpc) is 2.69. The summed E-state index contributed by atoms with van der Waals surface area (Å²) in [6.45, 7) is 4.85. The third-order valence-electron chi connectivity index (χ3n) is 4.61. The van der Waals surface area contributed by atoms with E-state index in [-0.39, 0.29) is 5.92 Å². The molecule has 0 aromatic heterocycles. The van der Waals surface area contributed by atoms with Crippen molar-refractivity contribution in [2.45, 2.75) is 26.3 Å². The number of fused-ring (bicyclic) bond motifs is 1. The molecule has 1 N–H and O–H groups in total. The van der Waals surface area contributed by atoms with Gasteiger partial charge in [-0.2, -0.15) is 5.26 Å². The second-order valence-electron chi connectivity index (χ2n) is 6.93. The Hall–Kier alpha value is -3.33. The second kappa shape index (κ2) is 9.05.